The zero-order valence-electron chi connectivity index (χ0n) is 68.3. The summed E-state index contributed by atoms with van der Waals surface area (Å²) in [6.45, 7) is 16.3. The fourth-order valence-electron chi connectivity index (χ4n) is 12.7. The number of carbonyl (C=O) groups is 12. The number of aliphatic hydroxyl groups excluding tert-OH is 1. The van der Waals surface area contributed by atoms with Gasteiger partial charge in [-0.1, -0.05) is 98.2 Å². The number of aromatic nitrogens is 1. The van der Waals surface area contributed by atoms with Crippen molar-refractivity contribution >= 4 is 105 Å². The Morgan fingerprint density at radius 1 is 0.538 bits per heavy atom. The minimum Gasteiger partial charge on any atom is -0.508 e. The molecule has 1 fully saturated rings. The first-order chi connectivity index (χ1) is 56.7. The summed E-state index contributed by atoms with van der Waals surface area (Å²) in [5.74, 6) is -10.5. The molecule has 6 rings (SSSR count). The Kier molecular flexibility index (Phi) is 41.8. The number of alkyl halides is 3. The molecule has 4 aromatic carbocycles. The lowest BCUT2D eigenvalue weighted by Crippen LogP contribution is -2.61. The summed E-state index contributed by atoms with van der Waals surface area (Å²) in [6, 6.07) is 15.3. The quantitative estimate of drug-likeness (QED) is 0.0151. The van der Waals surface area contributed by atoms with E-state index in [0.717, 1.165) is 10.8 Å². The van der Waals surface area contributed by atoms with Crippen LogP contribution in [-0.2, 0) is 83.2 Å². The number of unbranched alkanes of at least 4 members (excludes halogenated alkanes) is 2. The summed E-state index contributed by atoms with van der Waals surface area (Å²) in [5.41, 5.74) is 7.61. The Bertz CT molecular complexity index is 4210. The number of halogens is 4. The van der Waals surface area contributed by atoms with Crippen LogP contribution >= 0.6 is 11.6 Å². The summed E-state index contributed by atoms with van der Waals surface area (Å²) in [6.07, 6.45) is -0.316. The van der Waals surface area contributed by atoms with Crippen molar-refractivity contribution in [2.24, 2.45) is 21.6 Å². The molecule has 0 bridgehead atoms. The number of primary amides is 1. The van der Waals surface area contributed by atoms with Crippen molar-refractivity contribution in [2.75, 3.05) is 52.4 Å². The Morgan fingerprint density at radius 2 is 0.966 bits per heavy atom. The number of carbonyl (C=O) groups excluding carboxylic acids is 11. The molecule has 10 atom stereocenters. The van der Waals surface area contributed by atoms with Crippen LogP contribution in [0.5, 0.6) is 5.75 Å². The van der Waals surface area contributed by atoms with Crippen molar-refractivity contribution < 1.29 is 86.0 Å². The van der Waals surface area contributed by atoms with Crippen LogP contribution in [0.3, 0.4) is 0 Å². The highest BCUT2D eigenvalue weighted by Crippen LogP contribution is 2.23. The number of carboxylic acid groups (broad SMARTS) is 1. The summed E-state index contributed by atoms with van der Waals surface area (Å²) in [4.78, 5) is 181. The molecule has 0 radical (unpaired) electrons. The zero-order chi connectivity index (χ0) is 87.7. The maximum Gasteiger partial charge on any atom is 0.490 e. The van der Waals surface area contributed by atoms with Gasteiger partial charge in [0.25, 0.3) is 0 Å². The van der Waals surface area contributed by atoms with Crippen LogP contribution in [-0.4, -0.2) is 227 Å². The fraction of sp³-hybridized carbons (Fsp3) is 0.500. The van der Waals surface area contributed by atoms with Gasteiger partial charge in [0.1, 0.15) is 66.2 Å². The number of pyridine rings is 1. The molecule has 119 heavy (non-hydrogen) atoms. The van der Waals surface area contributed by atoms with Gasteiger partial charge in [0.2, 0.25) is 65.0 Å². The molecule has 1 aliphatic heterocycles. The van der Waals surface area contributed by atoms with E-state index in [1.54, 1.807) is 36.4 Å². The monoisotopic (exact) mass is 1680 g/mol. The number of phenolic OH excluding ortho intramolecular Hbond substituents is 1. The molecule has 5 aromatic rings. The van der Waals surface area contributed by atoms with Gasteiger partial charge in [-0.25, -0.2) is 4.79 Å². The summed E-state index contributed by atoms with van der Waals surface area (Å²) >= 11 is 6.26. The zero-order valence-corrected chi connectivity index (χ0v) is 69.0. The SMILES string of the molecule is CCNC(=NCCCC[C@H](NC(=O)[C@H](CC(C)C)NC(=O)[C@@H](CCCCN=C(NCC)NCC)NC(=O)[C@H](Cc1ccc(O)cc1)NC(=O)[C@H](CO)NC(=O)[C@@H](Cc1cccnc1)NC(=O)[C@H](Cc1ccc(Cl)cc1)NC(=O)[C@@H](Cc1ccc2ccccc2c1)NC(C)=O)C(=O)N1CCC[C@H]1C(=O)N[C@H](C)C(N)=O)NCC.O=C(O)C(F)(F)F. The fourth-order valence-corrected chi connectivity index (χ4v) is 12.8. The third-order valence-corrected chi connectivity index (χ3v) is 19.0. The van der Waals surface area contributed by atoms with E-state index < -0.39 is 144 Å². The van der Waals surface area contributed by atoms with Crippen LogP contribution in [0.1, 0.15) is 135 Å². The molecule has 650 valence electrons. The first kappa shape index (κ1) is 97.9. The van der Waals surface area contributed by atoms with E-state index in [1.807, 2.05) is 84.0 Å². The normalized spacial score (nSPS) is 14.6. The maximum atomic E-state index is 15.2. The first-order valence-corrected chi connectivity index (χ1v) is 40.2. The third-order valence-electron chi connectivity index (χ3n) is 18.7. The number of aliphatic imine (C=N–C) groups is 2. The van der Waals surface area contributed by atoms with Crippen LogP contribution < -0.4 is 74.9 Å². The van der Waals surface area contributed by atoms with Crippen LogP contribution in [0.15, 0.2) is 126 Å². The topological polar surface area (TPSA) is 489 Å². The molecule has 1 aromatic heterocycles. The van der Waals surface area contributed by atoms with Crippen molar-refractivity contribution in [1.82, 2.24) is 79.0 Å². The van der Waals surface area contributed by atoms with Crippen molar-refractivity contribution in [1.29, 1.82) is 0 Å². The summed E-state index contributed by atoms with van der Waals surface area (Å²) in [7, 11) is 0. The lowest BCUT2D eigenvalue weighted by molar-refractivity contribution is -0.192. The van der Waals surface area contributed by atoms with Crippen molar-refractivity contribution in [3.8, 4) is 5.75 Å². The molecule has 33 nitrogen and oxygen atoms in total. The number of likely N-dealkylation sites (tertiary alicyclic amines) is 1. The molecule has 0 saturated carbocycles. The number of rotatable bonds is 44. The van der Waals surface area contributed by atoms with Gasteiger partial charge < -0.3 is 95.1 Å². The lowest BCUT2D eigenvalue weighted by Gasteiger charge is -2.31. The number of guanidine groups is 2. The number of nitrogens with one attached hydrogen (secondary N) is 13. The lowest BCUT2D eigenvalue weighted by atomic mass is 9.99. The molecule has 1 aliphatic rings. The van der Waals surface area contributed by atoms with E-state index in [-0.39, 0.29) is 76.0 Å². The average molecular weight is 1680 g/mol. The standard InChI is InChI=1S/C80H113ClN18O13.C2HF3O2/c1-9-84-79(85-10-2)88-38-17-15-24-60(70(104)94-62(41-49(5)6)71(105)93-61(25-16-18-39-89-80(86-11-3)87-12-4)78(112)99-40-20-26-68(99)77(111)90-50(7)69(82)103)92-73(107)64(44-53-30-35-59(102)36-31-53)97-76(110)67(48-100)98-75(109)66(46-55-21-19-37-83-47-55)96-74(108)65(43-52-28-33-58(81)34-29-52)95-72(106)63(91-51(8)101)45-54-27-32-56-22-13-14-23-57(56)42-54;3-2(4,5)1(6)7/h13-14,19,21-23,27-37,42,47,49-50,60-68,100,102H,9-12,15-18,20,24-26,38-41,43-46,48H2,1-8H3,(H2,82,103)(H,90,111)(H,91,101)(H,92,107)(H,93,105)(H,94,104)(H,95,106)(H,96,108)(H,97,110)(H,98,109)(H2,84,85,88)(H2,86,87,89);(H,6,7)/t50-,60-,61+,62+,63-,64+,65+,66-,67+,68+;/m1./s1. The number of hydrogen-bond donors (Lipinski definition) is 17. The van der Waals surface area contributed by atoms with Crippen molar-refractivity contribution in [3.63, 3.8) is 0 Å². The van der Waals surface area contributed by atoms with E-state index in [4.69, 9.17) is 27.2 Å². The van der Waals surface area contributed by atoms with Gasteiger partial charge in [0.05, 0.1) is 6.61 Å². The van der Waals surface area contributed by atoms with Crippen LogP contribution in [0.25, 0.3) is 10.8 Å². The van der Waals surface area contributed by atoms with Gasteiger partial charge in [0, 0.05) is 95.8 Å². The molecule has 11 amide bonds. The number of aliphatic carboxylic acids is 1. The largest absolute Gasteiger partial charge is 0.508 e. The Hall–Kier alpha value is -11.7. The van der Waals surface area contributed by atoms with E-state index in [1.165, 1.54) is 55.4 Å². The predicted octanol–water partition coefficient (Wildman–Crippen LogP) is 2.91. The number of aromatic hydroxyl groups is 1. The second-order valence-corrected chi connectivity index (χ2v) is 29.3. The number of phenols is 1. The summed E-state index contributed by atoms with van der Waals surface area (Å²) in [5, 5.41) is 68.1. The van der Waals surface area contributed by atoms with E-state index in [2.05, 4.69) is 84.1 Å². The van der Waals surface area contributed by atoms with E-state index in [9.17, 15) is 66.5 Å². The van der Waals surface area contributed by atoms with Crippen molar-refractivity contribution in [3.05, 3.63) is 143 Å². The van der Waals surface area contributed by atoms with Crippen LogP contribution in [0.4, 0.5) is 13.2 Å². The number of aliphatic hydroxyl groups is 1. The molecule has 0 aliphatic carbocycles. The third kappa shape index (κ3) is 34.8. The minimum atomic E-state index is -5.08. The molecular weight excluding hydrogens is 1570 g/mol. The molecule has 18 N–H and O–H groups in total. The average Bonchev–Trinajstić information content (AvgIpc) is 1.77. The van der Waals surface area contributed by atoms with Gasteiger partial charge in [-0.2, -0.15) is 13.2 Å². The highest BCUT2D eigenvalue weighted by atomic mass is 35.5. The van der Waals surface area contributed by atoms with Gasteiger partial charge in [-0.15, -0.1) is 0 Å². The predicted molar refractivity (Wildman–Crippen MR) is 442 cm³/mol. The molecular formula is C82H114ClF3N18O15. The van der Waals surface area contributed by atoms with Gasteiger partial charge >= 0.3 is 12.1 Å². The molecule has 0 unspecified atom stereocenters. The van der Waals surface area contributed by atoms with Gasteiger partial charge in [-0.3, -0.25) is 67.7 Å². The van der Waals surface area contributed by atoms with Gasteiger partial charge in [-0.05, 0) is 162 Å². The Morgan fingerprint density at radius 3 is 1.45 bits per heavy atom. The summed E-state index contributed by atoms with van der Waals surface area (Å²) < 4.78 is 31.7. The first-order valence-electron chi connectivity index (χ1n) is 39.8. The number of hydrogen-bond acceptors (Lipinski definition) is 17. The molecule has 2 heterocycles. The molecule has 1 saturated heterocycles. The number of nitrogens with two attached hydrogens (primary N) is 1. The van der Waals surface area contributed by atoms with Crippen molar-refractivity contribution in [2.45, 2.75) is 205 Å². The second-order valence-electron chi connectivity index (χ2n) is 28.8. The van der Waals surface area contributed by atoms with E-state index >= 15 is 9.59 Å². The highest BCUT2D eigenvalue weighted by Gasteiger charge is 2.41. The Balaban J connectivity index is 0.00000344. The second kappa shape index (κ2) is 50.8. The van der Waals surface area contributed by atoms with Crippen LogP contribution in [0, 0.1) is 5.92 Å². The number of carboxylic acids is 1. The molecule has 37 heteroatoms. The smallest absolute Gasteiger partial charge is 0.490 e. The Labute approximate surface area is 695 Å². The van der Waals surface area contributed by atoms with E-state index in [0.29, 0.717) is 104 Å². The highest BCUT2D eigenvalue weighted by molar-refractivity contribution is 6.30. The number of amides is 11. The number of benzene rings is 4. The molecule has 0 spiro atoms. The maximum absolute atomic E-state index is 15.2. The number of fused-ring (bicyclic) bond motifs is 1. The number of nitrogens with zero attached hydrogens (tertiary/aromatic N) is 4. The van der Waals surface area contributed by atoms with Gasteiger partial charge in [0.15, 0.2) is 11.9 Å². The minimum absolute atomic E-state index is 0.0365. The van der Waals surface area contributed by atoms with Crippen LogP contribution in [0.2, 0.25) is 5.02 Å².